The summed E-state index contributed by atoms with van der Waals surface area (Å²) >= 11 is 0. The zero-order valence-electron chi connectivity index (χ0n) is 12.7. The van der Waals surface area contributed by atoms with Gasteiger partial charge in [0.25, 0.3) is 5.56 Å². The molecule has 0 atom stereocenters. The molecule has 2 aromatic heterocycles. The predicted molar refractivity (Wildman–Crippen MR) is 79.0 cm³/mol. The summed E-state index contributed by atoms with van der Waals surface area (Å²) in [4.78, 5) is 40.5. The van der Waals surface area contributed by atoms with E-state index in [2.05, 4.69) is 4.98 Å². The summed E-state index contributed by atoms with van der Waals surface area (Å²) in [6.45, 7) is 3.52. The molecule has 8 heteroatoms. The van der Waals surface area contributed by atoms with Crippen molar-refractivity contribution in [3.63, 3.8) is 0 Å². The standard InChI is InChI=1S/C14H17N3O5/c1-4-21-9-6-7-15-12-11(9)13(19)17(14(20)16(12)3)8-10(18)22-5-2/h6-7H,4-5,8H2,1-3H3. The van der Waals surface area contributed by atoms with E-state index in [0.29, 0.717) is 12.4 Å². The Kier molecular flexibility index (Phi) is 4.59. The lowest BCUT2D eigenvalue weighted by atomic mass is 10.3. The summed E-state index contributed by atoms with van der Waals surface area (Å²) in [6, 6.07) is 1.55. The summed E-state index contributed by atoms with van der Waals surface area (Å²) in [5.41, 5.74) is -1.05. The van der Waals surface area contributed by atoms with Crippen molar-refractivity contribution >= 4 is 17.0 Å². The fraction of sp³-hybridized carbons (Fsp3) is 0.429. The van der Waals surface area contributed by atoms with E-state index in [1.807, 2.05) is 0 Å². The fourth-order valence-electron chi connectivity index (χ4n) is 2.13. The van der Waals surface area contributed by atoms with E-state index in [4.69, 9.17) is 9.47 Å². The first-order valence-corrected chi connectivity index (χ1v) is 6.88. The van der Waals surface area contributed by atoms with Crippen LogP contribution in [0.1, 0.15) is 13.8 Å². The molecule has 0 aromatic carbocycles. The van der Waals surface area contributed by atoms with E-state index in [1.165, 1.54) is 17.8 Å². The summed E-state index contributed by atoms with van der Waals surface area (Å²) in [7, 11) is 1.48. The molecule has 0 aliphatic heterocycles. The molecule has 22 heavy (non-hydrogen) atoms. The number of fused-ring (bicyclic) bond motifs is 1. The van der Waals surface area contributed by atoms with Crippen molar-refractivity contribution in [2.24, 2.45) is 7.05 Å². The van der Waals surface area contributed by atoms with Crippen LogP contribution in [0.15, 0.2) is 21.9 Å². The Balaban J connectivity index is 2.73. The van der Waals surface area contributed by atoms with E-state index in [0.717, 1.165) is 4.57 Å². The largest absolute Gasteiger partial charge is 0.493 e. The van der Waals surface area contributed by atoms with Gasteiger partial charge in [-0.25, -0.2) is 14.3 Å². The zero-order valence-corrected chi connectivity index (χ0v) is 12.7. The molecule has 0 amide bonds. The first-order valence-electron chi connectivity index (χ1n) is 6.88. The molecule has 118 valence electrons. The molecule has 0 spiro atoms. The minimum Gasteiger partial charge on any atom is -0.493 e. The molecule has 0 bridgehead atoms. The molecule has 0 unspecified atom stereocenters. The molecule has 0 saturated heterocycles. The highest BCUT2D eigenvalue weighted by Crippen LogP contribution is 2.18. The Morgan fingerprint density at radius 3 is 2.64 bits per heavy atom. The lowest BCUT2D eigenvalue weighted by molar-refractivity contribution is -0.143. The van der Waals surface area contributed by atoms with Crippen LogP contribution in [0.2, 0.25) is 0 Å². The second kappa shape index (κ2) is 6.42. The molecule has 0 aliphatic carbocycles. The topological polar surface area (TPSA) is 92.4 Å². The van der Waals surface area contributed by atoms with Crippen molar-refractivity contribution in [3.8, 4) is 5.75 Å². The van der Waals surface area contributed by atoms with Crippen molar-refractivity contribution in [1.29, 1.82) is 0 Å². The van der Waals surface area contributed by atoms with Gasteiger partial charge in [-0.05, 0) is 19.9 Å². The molecule has 0 saturated carbocycles. The van der Waals surface area contributed by atoms with Crippen LogP contribution in [0.5, 0.6) is 5.75 Å². The number of aromatic nitrogens is 3. The zero-order chi connectivity index (χ0) is 16.3. The van der Waals surface area contributed by atoms with E-state index in [1.54, 1.807) is 19.9 Å². The van der Waals surface area contributed by atoms with Crippen LogP contribution in [0.3, 0.4) is 0 Å². The van der Waals surface area contributed by atoms with E-state index >= 15 is 0 Å². The lowest BCUT2D eigenvalue weighted by Gasteiger charge is -2.12. The highest BCUT2D eigenvalue weighted by atomic mass is 16.5. The smallest absolute Gasteiger partial charge is 0.332 e. The number of carbonyl (C=O) groups is 1. The first kappa shape index (κ1) is 15.7. The van der Waals surface area contributed by atoms with Crippen molar-refractivity contribution in [1.82, 2.24) is 14.1 Å². The first-order chi connectivity index (χ1) is 10.5. The van der Waals surface area contributed by atoms with E-state index < -0.39 is 23.8 Å². The van der Waals surface area contributed by atoms with Gasteiger partial charge >= 0.3 is 11.7 Å². The van der Waals surface area contributed by atoms with Crippen LogP contribution in [0, 0.1) is 0 Å². The molecule has 2 rings (SSSR count). The molecular formula is C14H17N3O5. The number of aryl methyl sites for hydroxylation is 1. The average molecular weight is 307 g/mol. The molecule has 2 aromatic rings. The van der Waals surface area contributed by atoms with Crippen molar-refractivity contribution < 1.29 is 14.3 Å². The van der Waals surface area contributed by atoms with Gasteiger partial charge in [0.2, 0.25) is 0 Å². The van der Waals surface area contributed by atoms with Gasteiger partial charge in [-0.3, -0.25) is 14.2 Å². The number of ether oxygens (including phenoxy) is 2. The maximum atomic E-state index is 12.6. The highest BCUT2D eigenvalue weighted by Gasteiger charge is 2.18. The molecular weight excluding hydrogens is 290 g/mol. The van der Waals surface area contributed by atoms with Crippen LogP contribution in [0.25, 0.3) is 11.0 Å². The Morgan fingerprint density at radius 1 is 1.27 bits per heavy atom. The van der Waals surface area contributed by atoms with Crippen molar-refractivity contribution in [2.75, 3.05) is 13.2 Å². The molecule has 2 heterocycles. The third-order valence-corrected chi connectivity index (χ3v) is 3.08. The third-order valence-electron chi connectivity index (χ3n) is 3.08. The Labute approximate surface area is 125 Å². The van der Waals surface area contributed by atoms with Gasteiger partial charge in [-0.15, -0.1) is 0 Å². The van der Waals surface area contributed by atoms with Crippen molar-refractivity contribution in [3.05, 3.63) is 33.1 Å². The van der Waals surface area contributed by atoms with Gasteiger partial charge in [-0.1, -0.05) is 0 Å². The SMILES string of the molecule is CCOC(=O)Cn1c(=O)c2c(OCC)ccnc2n(C)c1=O. The lowest BCUT2D eigenvalue weighted by Crippen LogP contribution is -2.41. The van der Waals surface area contributed by atoms with E-state index in [-0.39, 0.29) is 17.6 Å². The number of nitrogens with zero attached hydrogens (tertiary/aromatic N) is 3. The molecule has 0 radical (unpaired) electrons. The second-order valence-corrected chi connectivity index (χ2v) is 4.48. The normalized spacial score (nSPS) is 10.7. The summed E-state index contributed by atoms with van der Waals surface area (Å²) in [5, 5.41) is 0.163. The van der Waals surface area contributed by atoms with Crippen LogP contribution < -0.4 is 16.0 Å². The summed E-state index contributed by atoms with van der Waals surface area (Å²) < 4.78 is 12.2. The Morgan fingerprint density at radius 2 is 2.00 bits per heavy atom. The third kappa shape index (κ3) is 2.72. The van der Waals surface area contributed by atoms with Gasteiger partial charge in [0.1, 0.15) is 17.7 Å². The maximum absolute atomic E-state index is 12.6. The Hall–Kier alpha value is -2.64. The van der Waals surface area contributed by atoms with Gasteiger partial charge in [0.15, 0.2) is 5.65 Å². The number of esters is 1. The van der Waals surface area contributed by atoms with Crippen molar-refractivity contribution in [2.45, 2.75) is 20.4 Å². The quantitative estimate of drug-likeness (QED) is 0.725. The van der Waals surface area contributed by atoms with Crippen LogP contribution >= 0.6 is 0 Å². The Bertz CT molecular complexity index is 822. The van der Waals surface area contributed by atoms with E-state index in [9.17, 15) is 14.4 Å². The van der Waals surface area contributed by atoms with Gasteiger partial charge in [0, 0.05) is 13.2 Å². The van der Waals surface area contributed by atoms with Crippen LogP contribution in [-0.4, -0.2) is 33.3 Å². The summed E-state index contributed by atoms with van der Waals surface area (Å²) in [5.74, 6) is -0.325. The minimum atomic E-state index is -0.650. The number of hydrogen-bond donors (Lipinski definition) is 0. The highest BCUT2D eigenvalue weighted by molar-refractivity contribution is 5.81. The van der Waals surface area contributed by atoms with Crippen LogP contribution in [0.4, 0.5) is 0 Å². The second-order valence-electron chi connectivity index (χ2n) is 4.48. The fourth-order valence-corrected chi connectivity index (χ4v) is 2.13. The monoisotopic (exact) mass is 307 g/mol. The number of hydrogen-bond acceptors (Lipinski definition) is 6. The van der Waals surface area contributed by atoms with Gasteiger partial charge in [-0.2, -0.15) is 0 Å². The summed E-state index contributed by atoms with van der Waals surface area (Å²) in [6.07, 6.45) is 1.46. The maximum Gasteiger partial charge on any atom is 0.332 e. The number of pyridine rings is 1. The predicted octanol–water partition coefficient (Wildman–Crippen LogP) is 0.0570. The van der Waals surface area contributed by atoms with Crippen LogP contribution in [-0.2, 0) is 23.1 Å². The average Bonchev–Trinajstić information content (AvgIpc) is 2.50. The van der Waals surface area contributed by atoms with Gasteiger partial charge < -0.3 is 9.47 Å². The van der Waals surface area contributed by atoms with Gasteiger partial charge in [0.05, 0.1) is 13.2 Å². The molecule has 0 aliphatic rings. The molecule has 0 fully saturated rings. The number of carbonyl (C=O) groups excluding carboxylic acids is 1. The minimum absolute atomic E-state index is 0.163. The molecule has 8 nitrogen and oxygen atoms in total. The number of rotatable bonds is 5. The molecule has 0 N–H and O–H groups in total.